The fraction of sp³-hybridized carbons (Fsp3) is 0.280. The van der Waals surface area contributed by atoms with Gasteiger partial charge in [-0.15, -0.1) is 0 Å². The summed E-state index contributed by atoms with van der Waals surface area (Å²) in [7, 11) is 0. The van der Waals surface area contributed by atoms with Crippen LogP contribution in [0.1, 0.15) is 40.3 Å². The van der Waals surface area contributed by atoms with E-state index in [-0.39, 0.29) is 11.1 Å². The van der Waals surface area contributed by atoms with Crippen molar-refractivity contribution >= 4 is 0 Å². The molecule has 31 heavy (non-hydrogen) atoms. The summed E-state index contributed by atoms with van der Waals surface area (Å²) in [6.45, 7) is 8.61. The molecule has 0 aliphatic heterocycles. The van der Waals surface area contributed by atoms with Crippen LogP contribution >= 0.6 is 0 Å². The summed E-state index contributed by atoms with van der Waals surface area (Å²) in [5, 5.41) is 0. The summed E-state index contributed by atoms with van der Waals surface area (Å²) in [6, 6.07) is 7.51. The highest BCUT2D eigenvalue weighted by molar-refractivity contribution is 5.72. The van der Waals surface area contributed by atoms with Crippen LogP contribution < -0.4 is 4.74 Å². The van der Waals surface area contributed by atoms with Gasteiger partial charge in [0.05, 0.1) is 0 Å². The largest absolute Gasteiger partial charge is 0.432 e. The summed E-state index contributed by atoms with van der Waals surface area (Å²) in [6.07, 6.45) is -3.54. The van der Waals surface area contributed by atoms with Crippen molar-refractivity contribution in [2.24, 2.45) is 0 Å². The van der Waals surface area contributed by atoms with Crippen LogP contribution in [0.5, 0.6) is 5.75 Å². The third-order valence-electron chi connectivity index (χ3n) is 5.45. The molecular formula is C25H23F5O. The summed E-state index contributed by atoms with van der Waals surface area (Å²) in [5.74, 6) is -4.15. The minimum Gasteiger partial charge on any atom is -0.429 e. The van der Waals surface area contributed by atoms with E-state index >= 15 is 0 Å². The molecule has 3 aromatic carbocycles. The Kier molecular flexibility index (Phi) is 6.12. The highest BCUT2D eigenvalue weighted by Crippen LogP contribution is 2.39. The van der Waals surface area contributed by atoms with Gasteiger partial charge in [0.2, 0.25) is 0 Å². The van der Waals surface area contributed by atoms with Gasteiger partial charge in [-0.1, -0.05) is 19.1 Å². The highest BCUT2D eigenvalue weighted by Gasteiger charge is 2.41. The fourth-order valence-corrected chi connectivity index (χ4v) is 3.75. The molecular weight excluding hydrogens is 411 g/mol. The third kappa shape index (κ3) is 4.43. The van der Waals surface area contributed by atoms with Gasteiger partial charge in [-0.2, -0.15) is 8.78 Å². The summed E-state index contributed by atoms with van der Waals surface area (Å²) in [4.78, 5) is 0. The average Bonchev–Trinajstić information content (AvgIpc) is 2.64. The molecule has 0 bridgehead atoms. The quantitative estimate of drug-likeness (QED) is 0.374. The van der Waals surface area contributed by atoms with Gasteiger partial charge in [0, 0.05) is 6.07 Å². The lowest BCUT2D eigenvalue weighted by Crippen LogP contribution is -2.25. The molecule has 0 atom stereocenters. The molecule has 0 saturated carbocycles. The van der Waals surface area contributed by atoms with Gasteiger partial charge in [0.1, 0.15) is 28.8 Å². The number of alkyl halides is 2. The van der Waals surface area contributed by atoms with Crippen molar-refractivity contribution in [1.29, 1.82) is 0 Å². The van der Waals surface area contributed by atoms with E-state index in [1.54, 1.807) is 13.8 Å². The van der Waals surface area contributed by atoms with Crippen LogP contribution in [0.25, 0.3) is 11.1 Å². The number of hydrogen-bond acceptors (Lipinski definition) is 1. The Balaban J connectivity index is 2.04. The van der Waals surface area contributed by atoms with E-state index in [4.69, 9.17) is 0 Å². The lowest BCUT2D eigenvalue weighted by molar-refractivity contribution is -0.189. The van der Waals surface area contributed by atoms with Crippen molar-refractivity contribution in [3.63, 3.8) is 0 Å². The van der Waals surface area contributed by atoms with Crippen molar-refractivity contribution in [3.05, 3.63) is 87.2 Å². The normalized spacial score (nSPS) is 11.7. The van der Waals surface area contributed by atoms with E-state index in [0.29, 0.717) is 11.1 Å². The second-order valence-corrected chi connectivity index (χ2v) is 7.74. The third-order valence-corrected chi connectivity index (χ3v) is 5.45. The maximum atomic E-state index is 14.8. The van der Waals surface area contributed by atoms with Crippen molar-refractivity contribution in [2.45, 2.75) is 47.1 Å². The minimum absolute atomic E-state index is 0.157. The molecule has 6 heteroatoms. The Morgan fingerprint density at radius 3 is 1.77 bits per heavy atom. The first kappa shape index (κ1) is 22.8. The summed E-state index contributed by atoms with van der Waals surface area (Å²) in [5.41, 5.74) is 2.52. The van der Waals surface area contributed by atoms with E-state index in [1.807, 2.05) is 19.1 Å². The number of halogens is 5. The fourth-order valence-electron chi connectivity index (χ4n) is 3.75. The summed E-state index contributed by atoms with van der Waals surface area (Å²) >= 11 is 0. The predicted molar refractivity (Wildman–Crippen MR) is 111 cm³/mol. The standard InChI is InChI=1S/C25H23F5O/c1-6-17-7-14(3)23(15(4)8-17)18-10-21(27)24(22(28)11-18)25(29,30)31-19-9-13(2)16(5)20(26)12-19/h7-12H,6H2,1-5H3. The van der Waals surface area contributed by atoms with Crippen molar-refractivity contribution in [2.75, 3.05) is 0 Å². The van der Waals surface area contributed by atoms with Crippen molar-refractivity contribution in [1.82, 2.24) is 0 Å². The SMILES string of the molecule is CCc1cc(C)c(-c2cc(F)c(C(F)(F)Oc3cc(C)c(C)c(F)c3)c(F)c2)c(C)c1. The van der Waals surface area contributed by atoms with Crippen LogP contribution in [0.3, 0.4) is 0 Å². The molecule has 0 fully saturated rings. The van der Waals surface area contributed by atoms with Gasteiger partial charge < -0.3 is 4.74 Å². The Morgan fingerprint density at radius 1 is 0.742 bits per heavy atom. The Bertz CT molecular complexity index is 1080. The highest BCUT2D eigenvalue weighted by atomic mass is 19.3. The number of rotatable bonds is 5. The van der Waals surface area contributed by atoms with Gasteiger partial charge in [0.25, 0.3) is 0 Å². The Hall–Kier alpha value is -2.89. The first-order valence-corrected chi connectivity index (χ1v) is 9.88. The molecule has 0 amide bonds. The predicted octanol–water partition coefficient (Wildman–Crippen LogP) is 7.70. The van der Waals surface area contributed by atoms with E-state index in [0.717, 1.165) is 41.3 Å². The van der Waals surface area contributed by atoms with Crippen LogP contribution in [0, 0.1) is 45.1 Å². The van der Waals surface area contributed by atoms with E-state index in [1.165, 1.54) is 19.9 Å². The van der Waals surface area contributed by atoms with Crippen LogP contribution in [-0.4, -0.2) is 0 Å². The molecule has 3 rings (SSSR count). The van der Waals surface area contributed by atoms with Gasteiger partial charge in [-0.05, 0) is 91.3 Å². The molecule has 0 heterocycles. The lowest BCUT2D eigenvalue weighted by Gasteiger charge is -2.21. The van der Waals surface area contributed by atoms with Crippen molar-refractivity contribution in [3.8, 4) is 16.9 Å². The molecule has 164 valence electrons. The Morgan fingerprint density at radius 2 is 1.29 bits per heavy atom. The van der Waals surface area contributed by atoms with E-state index in [2.05, 4.69) is 4.74 Å². The van der Waals surface area contributed by atoms with E-state index in [9.17, 15) is 22.0 Å². The number of benzene rings is 3. The van der Waals surface area contributed by atoms with Crippen LogP contribution in [0.4, 0.5) is 22.0 Å². The maximum absolute atomic E-state index is 14.8. The molecule has 0 aliphatic carbocycles. The van der Waals surface area contributed by atoms with Gasteiger partial charge in [0.15, 0.2) is 0 Å². The molecule has 3 aromatic rings. The van der Waals surface area contributed by atoms with Gasteiger partial charge in [-0.3, -0.25) is 0 Å². The zero-order chi connectivity index (χ0) is 23.1. The molecule has 0 aliphatic rings. The number of ether oxygens (including phenoxy) is 1. The molecule has 0 N–H and O–H groups in total. The first-order valence-electron chi connectivity index (χ1n) is 9.88. The zero-order valence-electron chi connectivity index (χ0n) is 18.0. The van der Waals surface area contributed by atoms with Gasteiger partial charge >= 0.3 is 6.11 Å². The minimum atomic E-state index is -4.34. The topological polar surface area (TPSA) is 9.23 Å². The molecule has 1 nitrogen and oxygen atoms in total. The van der Waals surface area contributed by atoms with E-state index < -0.39 is 34.9 Å². The smallest absolute Gasteiger partial charge is 0.429 e. The molecule has 0 radical (unpaired) electrons. The van der Waals surface area contributed by atoms with Crippen LogP contribution in [-0.2, 0) is 12.5 Å². The summed E-state index contributed by atoms with van der Waals surface area (Å²) < 4.78 is 77.3. The number of aryl methyl sites for hydroxylation is 4. The maximum Gasteiger partial charge on any atom is 0.432 e. The molecule has 0 unspecified atom stereocenters. The first-order chi connectivity index (χ1) is 14.4. The van der Waals surface area contributed by atoms with Crippen LogP contribution in [0.2, 0.25) is 0 Å². The van der Waals surface area contributed by atoms with Gasteiger partial charge in [-0.25, -0.2) is 13.2 Å². The lowest BCUT2D eigenvalue weighted by atomic mass is 9.92. The monoisotopic (exact) mass is 434 g/mol. The second kappa shape index (κ2) is 8.33. The second-order valence-electron chi connectivity index (χ2n) is 7.74. The molecule has 0 saturated heterocycles. The molecule has 0 aromatic heterocycles. The molecule has 0 spiro atoms. The average molecular weight is 434 g/mol. The van der Waals surface area contributed by atoms with Crippen molar-refractivity contribution < 1.29 is 26.7 Å². The zero-order valence-corrected chi connectivity index (χ0v) is 18.0. The van der Waals surface area contributed by atoms with Crippen LogP contribution in [0.15, 0.2) is 36.4 Å². The number of hydrogen-bond donors (Lipinski definition) is 0. The Labute approximate surface area is 178 Å².